The van der Waals surface area contributed by atoms with E-state index in [0.717, 1.165) is 41.4 Å². The van der Waals surface area contributed by atoms with E-state index < -0.39 is 18.5 Å². The highest BCUT2D eigenvalue weighted by molar-refractivity contribution is 6.32. The van der Waals surface area contributed by atoms with Gasteiger partial charge in [0.25, 0.3) is 5.91 Å². The van der Waals surface area contributed by atoms with E-state index in [4.69, 9.17) is 26.1 Å². The predicted octanol–water partition coefficient (Wildman–Crippen LogP) is 5.84. The monoisotopic (exact) mass is 480 g/mol. The Hall–Kier alpha value is -3.12. The summed E-state index contributed by atoms with van der Waals surface area (Å²) in [6.07, 6.45) is 2.61. The van der Waals surface area contributed by atoms with Crippen molar-refractivity contribution in [2.45, 2.75) is 40.0 Å². The highest BCUT2D eigenvalue weighted by Gasteiger charge is 2.33. The van der Waals surface area contributed by atoms with E-state index in [0.29, 0.717) is 27.9 Å². The number of amides is 1. The van der Waals surface area contributed by atoms with Crippen LogP contribution < -0.4 is 10.1 Å². The van der Waals surface area contributed by atoms with Crippen LogP contribution in [0.15, 0.2) is 42.5 Å². The van der Waals surface area contributed by atoms with Crippen molar-refractivity contribution < 1.29 is 19.1 Å². The van der Waals surface area contributed by atoms with Crippen LogP contribution in [-0.4, -0.2) is 30.6 Å². The Morgan fingerprint density at radius 1 is 1.18 bits per heavy atom. The molecule has 0 saturated carbocycles. The topological polar surface area (TPSA) is 77.5 Å². The Morgan fingerprint density at radius 3 is 2.65 bits per heavy atom. The first-order chi connectivity index (χ1) is 16.2. The van der Waals surface area contributed by atoms with Gasteiger partial charge in [-0.3, -0.25) is 9.78 Å². The van der Waals surface area contributed by atoms with Crippen molar-refractivity contribution in [2.24, 2.45) is 11.3 Å². The van der Waals surface area contributed by atoms with Crippen LogP contribution in [-0.2, 0) is 22.4 Å². The third-order valence-electron chi connectivity index (χ3n) is 6.46. The smallest absolute Gasteiger partial charge is 0.339 e. The molecular formula is C27H29ClN2O4. The molecule has 0 bridgehead atoms. The first-order valence-electron chi connectivity index (χ1n) is 11.4. The molecule has 6 nitrogen and oxygen atoms in total. The lowest BCUT2D eigenvalue weighted by molar-refractivity contribution is -0.119. The number of pyridine rings is 1. The van der Waals surface area contributed by atoms with Gasteiger partial charge in [0.15, 0.2) is 6.61 Å². The summed E-state index contributed by atoms with van der Waals surface area (Å²) in [5.41, 5.74) is 3.78. The van der Waals surface area contributed by atoms with Gasteiger partial charge in [-0.05, 0) is 60.4 Å². The summed E-state index contributed by atoms with van der Waals surface area (Å²) in [5.74, 6) is -0.0201. The minimum Gasteiger partial charge on any atom is -0.495 e. The molecule has 1 aliphatic carbocycles. The number of carbonyl (C=O) groups excluding carboxylic acids is 2. The molecule has 1 atom stereocenters. The molecule has 1 heterocycles. The number of nitrogens with zero attached hydrogens (tertiary/aromatic N) is 1. The number of hydrogen-bond donors (Lipinski definition) is 1. The number of anilines is 1. The zero-order valence-corrected chi connectivity index (χ0v) is 20.7. The molecule has 1 N–H and O–H groups in total. The Morgan fingerprint density at radius 2 is 1.94 bits per heavy atom. The van der Waals surface area contributed by atoms with Crippen molar-refractivity contribution in [3.05, 3.63) is 64.3 Å². The number of aromatic nitrogens is 1. The van der Waals surface area contributed by atoms with Gasteiger partial charge in [0.1, 0.15) is 5.75 Å². The average molecular weight is 481 g/mol. The Balaban J connectivity index is 1.56. The number of benzene rings is 2. The van der Waals surface area contributed by atoms with Crippen LogP contribution in [0.2, 0.25) is 5.02 Å². The fourth-order valence-corrected chi connectivity index (χ4v) is 4.76. The second kappa shape index (κ2) is 9.63. The van der Waals surface area contributed by atoms with E-state index in [1.54, 1.807) is 18.2 Å². The molecule has 1 unspecified atom stereocenters. The molecule has 0 aliphatic heterocycles. The van der Waals surface area contributed by atoms with Gasteiger partial charge in [0, 0.05) is 16.8 Å². The summed E-state index contributed by atoms with van der Waals surface area (Å²) in [5, 5.41) is 3.83. The number of esters is 1. The molecule has 34 heavy (non-hydrogen) atoms. The molecule has 1 amide bonds. The number of ether oxygens (including phenoxy) is 2. The number of para-hydroxylation sites is 1. The molecule has 1 aromatic heterocycles. The van der Waals surface area contributed by atoms with E-state index in [-0.39, 0.29) is 5.41 Å². The summed E-state index contributed by atoms with van der Waals surface area (Å²) in [6.45, 7) is 6.28. The molecule has 0 radical (unpaired) electrons. The molecule has 1 aliphatic rings. The highest BCUT2D eigenvalue weighted by Crippen LogP contribution is 2.39. The van der Waals surface area contributed by atoms with Crippen molar-refractivity contribution >= 4 is 40.1 Å². The maximum Gasteiger partial charge on any atom is 0.339 e. The largest absolute Gasteiger partial charge is 0.495 e. The Kier molecular flexibility index (Phi) is 6.80. The molecule has 0 spiro atoms. The van der Waals surface area contributed by atoms with Crippen molar-refractivity contribution in [2.75, 3.05) is 19.0 Å². The third-order valence-corrected chi connectivity index (χ3v) is 6.75. The average Bonchev–Trinajstić information content (AvgIpc) is 2.80. The summed E-state index contributed by atoms with van der Waals surface area (Å²) in [4.78, 5) is 30.6. The number of aryl methyl sites for hydroxylation is 1. The third kappa shape index (κ3) is 5.02. The minimum atomic E-state index is -0.507. The van der Waals surface area contributed by atoms with Crippen LogP contribution in [0, 0.1) is 11.3 Å². The lowest BCUT2D eigenvalue weighted by Gasteiger charge is -2.35. The number of rotatable bonds is 5. The Bertz CT molecular complexity index is 1250. The quantitative estimate of drug-likeness (QED) is 0.464. The lowest BCUT2D eigenvalue weighted by atomic mass is 9.70. The zero-order valence-electron chi connectivity index (χ0n) is 19.9. The fraction of sp³-hybridized carbons (Fsp3) is 0.370. The van der Waals surface area contributed by atoms with Crippen LogP contribution in [0.5, 0.6) is 5.75 Å². The lowest BCUT2D eigenvalue weighted by Crippen LogP contribution is -2.29. The van der Waals surface area contributed by atoms with E-state index in [1.165, 1.54) is 7.11 Å². The first-order valence-corrected chi connectivity index (χ1v) is 11.8. The standard InChI is InChI=1S/C27H29ClN2O4/c1-27(2,3)16-9-11-22-19(13-16)25(18-7-5-6-8-21(18)30-22)26(32)34-15-24(31)29-17-10-12-23(33-4)20(28)14-17/h5-8,10,12,14,16H,9,11,13,15H2,1-4H3,(H,29,31). The number of hydrogen-bond acceptors (Lipinski definition) is 5. The van der Waals surface area contributed by atoms with Gasteiger partial charge < -0.3 is 14.8 Å². The van der Waals surface area contributed by atoms with Gasteiger partial charge in [0.05, 0.1) is 23.2 Å². The van der Waals surface area contributed by atoms with Crippen molar-refractivity contribution in [1.82, 2.24) is 4.98 Å². The van der Waals surface area contributed by atoms with E-state index in [2.05, 4.69) is 26.1 Å². The molecular weight excluding hydrogens is 452 g/mol. The van der Waals surface area contributed by atoms with Gasteiger partial charge in [-0.15, -0.1) is 0 Å². The number of carbonyl (C=O) groups is 2. The molecule has 2 aromatic carbocycles. The summed E-state index contributed by atoms with van der Waals surface area (Å²) < 4.78 is 10.6. The van der Waals surface area contributed by atoms with Crippen molar-refractivity contribution in [1.29, 1.82) is 0 Å². The van der Waals surface area contributed by atoms with E-state index in [1.807, 2.05) is 24.3 Å². The molecule has 3 aromatic rings. The SMILES string of the molecule is COc1ccc(NC(=O)COC(=O)c2c3c(nc4ccccc24)CCC(C(C)(C)C)C3)cc1Cl. The van der Waals surface area contributed by atoms with Crippen molar-refractivity contribution in [3.63, 3.8) is 0 Å². The number of fused-ring (bicyclic) bond motifs is 2. The number of halogens is 1. The van der Waals surface area contributed by atoms with Crippen LogP contribution in [0.25, 0.3) is 10.9 Å². The zero-order chi connectivity index (χ0) is 24.5. The number of nitrogens with one attached hydrogen (secondary N) is 1. The van der Waals surface area contributed by atoms with Crippen molar-refractivity contribution in [3.8, 4) is 5.75 Å². The van der Waals surface area contributed by atoms with Crippen LogP contribution in [0.1, 0.15) is 48.8 Å². The van der Waals surface area contributed by atoms with E-state index in [9.17, 15) is 9.59 Å². The fourth-order valence-electron chi connectivity index (χ4n) is 4.51. The summed E-state index contributed by atoms with van der Waals surface area (Å²) in [6, 6.07) is 12.5. The molecule has 0 saturated heterocycles. The minimum absolute atomic E-state index is 0.115. The summed E-state index contributed by atoms with van der Waals surface area (Å²) >= 11 is 6.12. The van der Waals surface area contributed by atoms with E-state index >= 15 is 0 Å². The first kappa shape index (κ1) is 24.0. The number of methoxy groups -OCH3 is 1. The van der Waals surface area contributed by atoms with Gasteiger partial charge in [-0.1, -0.05) is 50.6 Å². The predicted molar refractivity (Wildman–Crippen MR) is 134 cm³/mol. The van der Waals surface area contributed by atoms with Gasteiger partial charge >= 0.3 is 5.97 Å². The normalized spacial score (nSPS) is 15.5. The molecule has 4 rings (SSSR count). The Labute approximate surface area is 204 Å². The van der Waals surface area contributed by atoms with Gasteiger partial charge in [0.2, 0.25) is 0 Å². The molecule has 0 fully saturated rings. The molecule has 7 heteroatoms. The maximum atomic E-state index is 13.3. The maximum absolute atomic E-state index is 13.3. The molecule has 178 valence electrons. The highest BCUT2D eigenvalue weighted by atomic mass is 35.5. The summed E-state index contributed by atoms with van der Waals surface area (Å²) in [7, 11) is 1.52. The van der Waals surface area contributed by atoms with Crippen LogP contribution >= 0.6 is 11.6 Å². The van der Waals surface area contributed by atoms with Gasteiger partial charge in [-0.25, -0.2) is 4.79 Å². The second-order valence-electron chi connectivity index (χ2n) is 9.71. The van der Waals surface area contributed by atoms with Gasteiger partial charge in [-0.2, -0.15) is 0 Å². The second-order valence-corrected chi connectivity index (χ2v) is 10.1. The van der Waals surface area contributed by atoms with Crippen LogP contribution in [0.4, 0.5) is 5.69 Å². The van der Waals surface area contributed by atoms with Crippen LogP contribution in [0.3, 0.4) is 0 Å².